The van der Waals surface area contributed by atoms with Crippen molar-refractivity contribution in [2.24, 2.45) is 50.2 Å². The summed E-state index contributed by atoms with van der Waals surface area (Å²) in [5.41, 5.74) is 1.40. The number of hydrogen-bond donors (Lipinski definition) is 1. The first-order valence-corrected chi connectivity index (χ1v) is 16.3. The maximum atomic E-state index is 14.5. The maximum Gasteiger partial charge on any atom is 0.312 e. The van der Waals surface area contributed by atoms with Gasteiger partial charge < -0.3 is 9.84 Å². The smallest absolute Gasteiger partial charge is 0.312 e. The second-order valence-electron chi connectivity index (χ2n) is 16.7. The van der Waals surface area contributed by atoms with Crippen molar-refractivity contribution in [3.63, 3.8) is 0 Å². The Kier molecular flexibility index (Phi) is 6.60. The Morgan fingerprint density at radius 2 is 1.59 bits per heavy atom. The van der Waals surface area contributed by atoms with Crippen molar-refractivity contribution >= 4 is 11.8 Å². The van der Waals surface area contributed by atoms with Gasteiger partial charge in [0.05, 0.1) is 11.5 Å². The highest BCUT2D eigenvalue weighted by Crippen LogP contribution is 2.75. The van der Waals surface area contributed by atoms with Crippen LogP contribution in [0.4, 0.5) is 0 Å². The number of benzene rings is 1. The number of ketones is 1. The molecule has 5 aliphatic carbocycles. The van der Waals surface area contributed by atoms with Crippen molar-refractivity contribution in [1.29, 1.82) is 0 Å². The van der Waals surface area contributed by atoms with Crippen molar-refractivity contribution in [1.82, 2.24) is 0 Å². The van der Waals surface area contributed by atoms with Gasteiger partial charge in [0, 0.05) is 5.92 Å². The molecule has 9 atom stereocenters. The lowest BCUT2D eigenvalue weighted by molar-refractivity contribution is -0.202. The SMILES string of the molecule is CC1(C)[C@@H](O)CC[C@]2(C)[C@H]3C(=O)C=C4[C@@H]5C[C@@](C)(C(=O)OCc6ccccc6)CC[C@]5(C)CC[C@@]4(C)[C@]3(C)CC[C@@H]12. The van der Waals surface area contributed by atoms with Crippen molar-refractivity contribution in [2.45, 2.75) is 119 Å². The molecule has 0 aromatic heterocycles. The molecular formula is C37H52O4. The molecule has 4 saturated carbocycles. The van der Waals surface area contributed by atoms with Gasteiger partial charge in [-0.1, -0.05) is 77.4 Å². The van der Waals surface area contributed by atoms with Crippen LogP contribution in [0.3, 0.4) is 0 Å². The van der Waals surface area contributed by atoms with Crippen LogP contribution in [0.1, 0.15) is 112 Å². The third-order valence-electron chi connectivity index (χ3n) is 14.3. The third kappa shape index (κ3) is 4.01. The normalized spacial score (nSPS) is 46.7. The van der Waals surface area contributed by atoms with Crippen LogP contribution in [-0.2, 0) is 20.9 Å². The first-order valence-electron chi connectivity index (χ1n) is 16.3. The summed E-state index contributed by atoms with van der Waals surface area (Å²) < 4.78 is 5.93. The maximum absolute atomic E-state index is 14.5. The molecule has 41 heavy (non-hydrogen) atoms. The standard InChI is InChI=1S/C37H52O4/c1-32(2)28-13-16-37(7)30(35(28,5)15-14-29(32)39)27(38)21-25-26-22-34(4,18-17-33(26,3)19-20-36(25,37)6)31(40)41-23-24-11-9-8-10-12-24/h8-12,21,26,28-30,39H,13-20,22-23H2,1-7H3/t26-,28-,29-,30+,33+,34-,35-,36+,37+/m0/s1. The lowest BCUT2D eigenvalue weighted by atomic mass is 9.33. The van der Waals surface area contributed by atoms with Gasteiger partial charge in [0.2, 0.25) is 0 Å². The Morgan fingerprint density at radius 1 is 0.902 bits per heavy atom. The molecule has 0 spiro atoms. The highest BCUT2D eigenvalue weighted by Gasteiger charge is 2.70. The molecule has 6 rings (SSSR count). The summed E-state index contributed by atoms with van der Waals surface area (Å²) in [6.45, 7) is 16.5. The summed E-state index contributed by atoms with van der Waals surface area (Å²) >= 11 is 0. The van der Waals surface area contributed by atoms with Gasteiger partial charge in [0.25, 0.3) is 0 Å². The molecule has 224 valence electrons. The van der Waals surface area contributed by atoms with E-state index in [9.17, 15) is 14.7 Å². The third-order valence-corrected chi connectivity index (χ3v) is 14.3. The van der Waals surface area contributed by atoms with Crippen LogP contribution in [0.5, 0.6) is 0 Å². The van der Waals surface area contributed by atoms with Gasteiger partial charge >= 0.3 is 5.97 Å². The zero-order valence-electron chi connectivity index (χ0n) is 26.5. The average molecular weight is 561 g/mol. The molecule has 5 aliphatic rings. The van der Waals surface area contributed by atoms with Gasteiger partial charge in [-0.25, -0.2) is 0 Å². The summed E-state index contributed by atoms with van der Waals surface area (Å²) in [6, 6.07) is 9.93. The monoisotopic (exact) mass is 560 g/mol. The van der Waals surface area contributed by atoms with E-state index in [4.69, 9.17) is 4.74 Å². The molecule has 0 radical (unpaired) electrons. The number of carbonyl (C=O) groups excluding carboxylic acids is 2. The molecule has 4 heteroatoms. The quantitative estimate of drug-likeness (QED) is 0.380. The van der Waals surface area contributed by atoms with Gasteiger partial charge in [0.15, 0.2) is 5.78 Å². The second kappa shape index (κ2) is 9.28. The summed E-state index contributed by atoms with van der Waals surface area (Å²) in [7, 11) is 0. The first kappa shape index (κ1) is 29.1. The van der Waals surface area contributed by atoms with Crippen molar-refractivity contribution in [2.75, 3.05) is 0 Å². The Labute approximate surface area is 247 Å². The molecule has 4 fully saturated rings. The van der Waals surface area contributed by atoms with Gasteiger partial charge in [-0.05, 0) is 115 Å². The number of hydrogen-bond acceptors (Lipinski definition) is 4. The van der Waals surface area contributed by atoms with Crippen molar-refractivity contribution in [3.05, 3.63) is 47.5 Å². The van der Waals surface area contributed by atoms with Crippen LogP contribution in [0, 0.1) is 50.2 Å². The molecule has 1 aromatic carbocycles. The molecule has 0 heterocycles. The lowest BCUT2D eigenvalue weighted by Crippen LogP contribution is -2.66. The highest BCUT2D eigenvalue weighted by atomic mass is 16.5. The molecule has 0 saturated heterocycles. The Morgan fingerprint density at radius 3 is 2.29 bits per heavy atom. The molecule has 1 aromatic rings. The van der Waals surface area contributed by atoms with Crippen molar-refractivity contribution < 1.29 is 19.4 Å². The number of fused-ring (bicyclic) bond motifs is 7. The number of allylic oxidation sites excluding steroid dienone is 2. The minimum Gasteiger partial charge on any atom is -0.460 e. The van der Waals surface area contributed by atoms with Crippen LogP contribution in [0.15, 0.2) is 42.0 Å². The Balaban J connectivity index is 1.34. The summed E-state index contributed by atoms with van der Waals surface area (Å²) in [5, 5.41) is 11.0. The topological polar surface area (TPSA) is 63.6 Å². The molecule has 0 unspecified atom stereocenters. The second-order valence-corrected chi connectivity index (χ2v) is 16.7. The number of aliphatic hydroxyl groups is 1. The molecule has 0 amide bonds. The molecular weight excluding hydrogens is 508 g/mol. The van der Waals surface area contributed by atoms with E-state index in [2.05, 4.69) is 54.5 Å². The van der Waals surface area contributed by atoms with E-state index in [1.807, 2.05) is 30.3 Å². The van der Waals surface area contributed by atoms with Gasteiger partial charge in [-0.2, -0.15) is 0 Å². The number of ether oxygens (including phenoxy) is 1. The van der Waals surface area contributed by atoms with E-state index < -0.39 is 5.41 Å². The van der Waals surface area contributed by atoms with Gasteiger partial charge in [-0.15, -0.1) is 0 Å². The number of carbonyl (C=O) groups is 2. The van der Waals surface area contributed by atoms with E-state index in [1.165, 1.54) is 5.57 Å². The summed E-state index contributed by atoms with van der Waals surface area (Å²) in [4.78, 5) is 28.1. The number of esters is 1. The zero-order chi connectivity index (χ0) is 29.6. The van der Waals surface area contributed by atoms with Crippen LogP contribution in [0.25, 0.3) is 0 Å². The van der Waals surface area contributed by atoms with E-state index in [-0.39, 0.29) is 51.0 Å². The van der Waals surface area contributed by atoms with Gasteiger partial charge in [-0.3, -0.25) is 9.59 Å². The van der Waals surface area contributed by atoms with Crippen LogP contribution in [0.2, 0.25) is 0 Å². The molecule has 1 N–H and O–H groups in total. The fraction of sp³-hybridized carbons (Fsp3) is 0.730. The Bertz CT molecular complexity index is 1260. The van der Waals surface area contributed by atoms with E-state index in [1.54, 1.807) is 0 Å². The molecule has 0 aliphatic heterocycles. The number of rotatable bonds is 3. The molecule has 0 bridgehead atoms. The molecule has 4 nitrogen and oxygen atoms in total. The van der Waals surface area contributed by atoms with E-state index in [0.717, 1.165) is 63.4 Å². The number of aliphatic hydroxyl groups excluding tert-OH is 1. The van der Waals surface area contributed by atoms with Crippen LogP contribution >= 0.6 is 0 Å². The minimum atomic E-state index is -0.550. The average Bonchev–Trinajstić information content (AvgIpc) is 2.92. The summed E-state index contributed by atoms with van der Waals surface area (Å²) in [6.07, 6.45) is 10.4. The zero-order valence-corrected chi connectivity index (χ0v) is 26.5. The summed E-state index contributed by atoms with van der Waals surface area (Å²) in [5.74, 6) is 0.734. The predicted octanol–water partition coefficient (Wildman–Crippen LogP) is 8.07. The fourth-order valence-electron chi connectivity index (χ4n) is 11.3. The van der Waals surface area contributed by atoms with Gasteiger partial charge in [0.1, 0.15) is 6.61 Å². The predicted molar refractivity (Wildman–Crippen MR) is 162 cm³/mol. The van der Waals surface area contributed by atoms with Crippen LogP contribution < -0.4 is 0 Å². The highest BCUT2D eigenvalue weighted by molar-refractivity contribution is 5.95. The van der Waals surface area contributed by atoms with E-state index in [0.29, 0.717) is 18.3 Å². The van der Waals surface area contributed by atoms with Crippen molar-refractivity contribution in [3.8, 4) is 0 Å². The first-order chi connectivity index (χ1) is 19.1. The largest absolute Gasteiger partial charge is 0.460 e. The fourth-order valence-corrected chi connectivity index (χ4v) is 11.3. The Hall–Kier alpha value is -1.94. The minimum absolute atomic E-state index is 0.0237. The lowest BCUT2D eigenvalue weighted by Gasteiger charge is -2.70. The van der Waals surface area contributed by atoms with E-state index >= 15 is 0 Å². The van der Waals surface area contributed by atoms with Crippen LogP contribution in [-0.4, -0.2) is 23.0 Å².